The summed E-state index contributed by atoms with van der Waals surface area (Å²) in [7, 11) is 0. The van der Waals surface area contributed by atoms with Crippen LogP contribution in [0.3, 0.4) is 0 Å². The van der Waals surface area contributed by atoms with Crippen molar-refractivity contribution < 1.29 is 0 Å². The normalized spacial score (nSPS) is 14.3. The van der Waals surface area contributed by atoms with Crippen molar-refractivity contribution >= 4 is 87.0 Å². The molecular formula is C66H44N6. The van der Waals surface area contributed by atoms with Gasteiger partial charge in [0.15, 0.2) is 0 Å². The van der Waals surface area contributed by atoms with E-state index in [1.54, 1.807) is 0 Å². The topological polar surface area (TPSA) is 61.4 Å². The summed E-state index contributed by atoms with van der Waals surface area (Å²) in [6.45, 7) is 9.57. The van der Waals surface area contributed by atoms with Gasteiger partial charge in [-0.1, -0.05) is 179 Å². The second-order valence-corrected chi connectivity index (χ2v) is 21.0. The number of nitrogens with zero attached hydrogens (tertiary/aromatic N) is 6. The van der Waals surface area contributed by atoms with Crippen molar-refractivity contribution in [2.45, 2.75) is 38.5 Å². The van der Waals surface area contributed by atoms with Crippen molar-refractivity contribution in [3.8, 4) is 45.3 Å². The highest BCUT2D eigenvalue weighted by atomic mass is 15.2. The summed E-state index contributed by atoms with van der Waals surface area (Å²) in [5.74, 6) is 1.34. The van der Waals surface area contributed by atoms with Gasteiger partial charge in [-0.15, -0.1) is 0 Å². The molecule has 4 heterocycles. The summed E-state index contributed by atoms with van der Waals surface area (Å²) in [5.41, 5.74) is 18.7. The van der Waals surface area contributed by atoms with Crippen LogP contribution in [0.5, 0.6) is 0 Å². The highest BCUT2D eigenvalue weighted by Crippen LogP contribution is 2.57. The lowest BCUT2D eigenvalue weighted by Crippen LogP contribution is -2.15. The third-order valence-corrected chi connectivity index (χ3v) is 16.5. The van der Waals surface area contributed by atoms with Crippen LogP contribution in [0.2, 0.25) is 0 Å². The van der Waals surface area contributed by atoms with E-state index in [-0.39, 0.29) is 10.8 Å². The van der Waals surface area contributed by atoms with E-state index >= 15 is 0 Å². The Kier molecular flexibility index (Phi) is 7.66. The monoisotopic (exact) mass is 920 g/mol. The molecule has 6 heteroatoms. The predicted molar refractivity (Wildman–Crippen MR) is 297 cm³/mol. The molecule has 0 spiro atoms. The standard InChI is InChI=1S/C66H44N6/c1-65(2)51-21-11-9-20-49(51)57-58-50-28-26-38(34-56(50)72(62(58)46-19-8-7-18-43(46)60(57)65)64-68-36-40-16-6-13-23-54(40)70-64)37-25-27-41-44-29-32-48-45(59(44)66(3,4)52(41)33-37)30-31-47-42-17-10-14-24-55(42)71(61(47)48)63-67-35-39-15-5-12-22-53(39)69-63/h5-36H,1-4H3. The number of aromatic nitrogens is 6. The van der Waals surface area contributed by atoms with Gasteiger partial charge in [0.1, 0.15) is 0 Å². The second-order valence-electron chi connectivity index (χ2n) is 21.0. The van der Waals surface area contributed by atoms with Crippen LogP contribution >= 0.6 is 0 Å². The van der Waals surface area contributed by atoms with Gasteiger partial charge in [-0.05, 0) is 96.7 Å². The summed E-state index contributed by atoms with van der Waals surface area (Å²) < 4.78 is 4.62. The zero-order chi connectivity index (χ0) is 47.8. The molecule has 10 aromatic carbocycles. The molecule has 0 unspecified atom stereocenters. The van der Waals surface area contributed by atoms with Crippen LogP contribution < -0.4 is 0 Å². The van der Waals surface area contributed by atoms with Gasteiger partial charge in [-0.2, -0.15) is 0 Å². The second kappa shape index (κ2) is 13.9. The molecular weight excluding hydrogens is 877 g/mol. The number of rotatable bonds is 3. The Morgan fingerprint density at radius 2 is 0.903 bits per heavy atom. The zero-order valence-electron chi connectivity index (χ0n) is 40.2. The van der Waals surface area contributed by atoms with Crippen LogP contribution in [0.25, 0.3) is 132 Å². The number of benzene rings is 10. The molecule has 4 aromatic heterocycles. The van der Waals surface area contributed by atoms with E-state index < -0.39 is 0 Å². The third kappa shape index (κ3) is 5.08. The molecule has 2 aliphatic carbocycles. The molecule has 0 bridgehead atoms. The van der Waals surface area contributed by atoms with E-state index in [2.05, 4.69) is 201 Å². The van der Waals surface area contributed by atoms with Gasteiger partial charge in [0.25, 0.3) is 0 Å². The first kappa shape index (κ1) is 39.8. The maximum Gasteiger partial charge on any atom is 0.235 e. The van der Waals surface area contributed by atoms with Crippen molar-refractivity contribution in [3.63, 3.8) is 0 Å². The molecule has 6 nitrogen and oxygen atoms in total. The van der Waals surface area contributed by atoms with Crippen molar-refractivity contribution in [2.75, 3.05) is 0 Å². The fraction of sp³-hybridized carbons (Fsp3) is 0.0909. The Balaban J connectivity index is 0.914. The maximum absolute atomic E-state index is 5.32. The van der Waals surface area contributed by atoms with E-state index in [0.29, 0.717) is 11.9 Å². The number of hydrogen-bond donors (Lipinski definition) is 0. The average molecular weight is 921 g/mol. The first-order valence-electron chi connectivity index (χ1n) is 25.0. The summed E-state index contributed by atoms with van der Waals surface area (Å²) in [4.78, 5) is 20.6. The SMILES string of the molecule is CC1(C)c2cc(-c3ccc4c5c6c(c7ccccc7c5n(-c5ncc7ccccc7n5)c4c3)C(C)(C)c3ccccc3-6)ccc2-c2ccc3c(ccc4c5ccccc5n(-c5ncc6ccccc6n5)c34)c21. The van der Waals surface area contributed by atoms with Crippen LogP contribution in [0.4, 0.5) is 0 Å². The van der Waals surface area contributed by atoms with Gasteiger partial charge in [0.2, 0.25) is 11.9 Å². The molecule has 0 aliphatic heterocycles. The maximum atomic E-state index is 5.32. The van der Waals surface area contributed by atoms with Gasteiger partial charge in [0, 0.05) is 66.3 Å². The molecule has 0 saturated heterocycles. The number of hydrogen-bond acceptors (Lipinski definition) is 4. The molecule has 2 aliphatic rings. The van der Waals surface area contributed by atoms with Crippen molar-refractivity contribution in [1.29, 1.82) is 0 Å². The summed E-state index contributed by atoms with van der Waals surface area (Å²) in [6, 6.07) is 66.6. The lowest BCUT2D eigenvalue weighted by molar-refractivity contribution is 0.666. The molecule has 0 fully saturated rings. The summed E-state index contributed by atoms with van der Waals surface area (Å²) in [5, 5.41) is 11.8. The van der Waals surface area contributed by atoms with Gasteiger partial charge in [-0.3, -0.25) is 9.13 Å². The van der Waals surface area contributed by atoms with E-state index in [4.69, 9.17) is 19.9 Å². The molecule has 0 N–H and O–H groups in total. The molecule has 0 atom stereocenters. The Morgan fingerprint density at radius 3 is 1.68 bits per heavy atom. The Bertz CT molecular complexity index is 4760. The van der Waals surface area contributed by atoms with E-state index in [0.717, 1.165) is 49.4 Å². The third-order valence-electron chi connectivity index (χ3n) is 16.5. The minimum Gasteiger partial charge on any atom is -0.277 e. The quantitative estimate of drug-likeness (QED) is 0.177. The van der Waals surface area contributed by atoms with Crippen LogP contribution in [-0.2, 0) is 10.8 Å². The number of fused-ring (bicyclic) bond motifs is 21. The van der Waals surface area contributed by atoms with E-state index in [1.165, 1.54) is 93.2 Å². The van der Waals surface area contributed by atoms with Crippen molar-refractivity contribution in [2.24, 2.45) is 0 Å². The average Bonchev–Trinajstić information content (AvgIpc) is 4.09. The fourth-order valence-electron chi connectivity index (χ4n) is 13.4. The first-order valence-corrected chi connectivity index (χ1v) is 25.0. The molecule has 14 aromatic rings. The summed E-state index contributed by atoms with van der Waals surface area (Å²) >= 11 is 0. The van der Waals surface area contributed by atoms with Crippen LogP contribution in [0, 0.1) is 0 Å². The highest BCUT2D eigenvalue weighted by molar-refractivity contribution is 6.27. The van der Waals surface area contributed by atoms with Gasteiger partial charge in [0.05, 0.1) is 33.1 Å². The first-order chi connectivity index (χ1) is 35.2. The molecule has 0 saturated carbocycles. The molecule has 338 valence electrons. The van der Waals surface area contributed by atoms with Crippen LogP contribution in [0.15, 0.2) is 194 Å². The van der Waals surface area contributed by atoms with Crippen molar-refractivity contribution in [1.82, 2.24) is 29.1 Å². The zero-order valence-corrected chi connectivity index (χ0v) is 40.2. The van der Waals surface area contributed by atoms with Crippen molar-refractivity contribution in [3.05, 3.63) is 217 Å². The van der Waals surface area contributed by atoms with Gasteiger partial charge < -0.3 is 0 Å². The smallest absolute Gasteiger partial charge is 0.235 e. The predicted octanol–water partition coefficient (Wildman–Crippen LogP) is 16.4. The lowest BCUT2D eigenvalue weighted by Gasteiger charge is -2.24. The summed E-state index contributed by atoms with van der Waals surface area (Å²) in [6.07, 6.45) is 3.92. The fourth-order valence-corrected chi connectivity index (χ4v) is 13.4. The lowest BCUT2D eigenvalue weighted by atomic mass is 9.79. The Labute approximate surface area is 414 Å². The number of para-hydroxylation sites is 3. The van der Waals surface area contributed by atoms with Gasteiger partial charge in [-0.25, -0.2) is 19.9 Å². The van der Waals surface area contributed by atoms with Crippen LogP contribution in [0.1, 0.15) is 49.9 Å². The largest absolute Gasteiger partial charge is 0.277 e. The van der Waals surface area contributed by atoms with Gasteiger partial charge >= 0.3 is 0 Å². The Morgan fingerprint density at radius 1 is 0.375 bits per heavy atom. The Hall–Kier alpha value is -9.00. The minimum absolute atomic E-state index is 0.191. The molecule has 0 amide bonds. The van der Waals surface area contributed by atoms with E-state index in [9.17, 15) is 0 Å². The molecule has 0 radical (unpaired) electrons. The highest BCUT2D eigenvalue weighted by Gasteiger charge is 2.41. The molecule has 16 rings (SSSR count). The molecule has 72 heavy (non-hydrogen) atoms. The van der Waals surface area contributed by atoms with Crippen LogP contribution in [-0.4, -0.2) is 29.1 Å². The van der Waals surface area contributed by atoms with E-state index in [1.807, 2.05) is 30.6 Å². The minimum atomic E-state index is -0.304.